The third-order valence-electron chi connectivity index (χ3n) is 3.54. The highest BCUT2D eigenvalue weighted by molar-refractivity contribution is 5.93. The van der Waals surface area contributed by atoms with Crippen LogP contribution in [0.15, 0.2) is 63.8 Å². The minimum atomic E-state index is -0.376. The molecule has 0 bridgehead atoms. The summed E-state index contributed by atoms with van der Waals surface area (Å²) in [4.78, 5) is 11.9. The topological polar surface area (TPSA) is 48.7 Å². The summed E-state index contributed by atoms with van der Waals surface area (Å²) >= 11 is 0. The van der Waals surface area contributed by atoms with Gasteiger partial charge in [0.15, 0.2) is 0 Å². The Labute approximate surface area is 134 Å². The molecule has 0 saturated carbocycles. The quantitative estimate of drug-likeness (QED) is 0.671. The maximum absolute atomic E-state index is 11.9. The molecule has 4 nitrogen and oxygen atoms in total. The van der Waals surface area contributed by atoms with Gasteiger partial charge in [0, 0.05) is 24.6 Å². The molecular formula is C19H18O4. The molecule has 0 aliphatic carbocycles. The standard InChI is InChI=1S/C19H18O4/c1-13(12-21-2)22-15-8-9-16-17(14-6-4-3-5-7-14)11-19(20)23-18(16)10-15/h3-11,13H,12H2,1-2H3. The molecule has 3 aromatic rings. The Balaban J connectivity index is 2.06. The molecule has 1 unspecified atom stereocenters. The molecule has 4 heteroatoms. The monoisotopic (exact) mass is 310 g/mol. The zero-order valence-electron chi connectivity index (χ0n) is 13.1. The van der Waals surface area contributed by atoms with E-state index in [0.717, 1.165) is 16.5 Å². The summed E-state index contributed by atoms with van der Waals surface area (Å²) in [6.45, 7) is 2.41. The molecule has 1 aromatic heterocycles. The molecule has 0 aliphatic heterocycles. The van der Waals surface area contributed by atoms with Gasteiger partial charge in [0.2, 0.25) is 0 Å². The molecule has 1 atom stereocenters. The van der Waals surface area contributed by atoms with Gasteiger partial charge in [-0.15, -0.1) is 0 Å². The van der Waals surface area contributed by atoms with Crippen LogP contribution in [0.2, 0.25) is 0 Å². The fourth-order valence-corrected chi connectivity index (χ4v) is 2.57. The number of benzene rings is 2. The number of ether oxygens (including phenoxy) is 2. The molecule has 0 aliphatic rings. The van der Waals surface area contributed by atoms with Crippen molar-refractivity contribution in [3.05, 3.63) is 65.0 Å². The van der Waals surface area contributed by atoms with Gasteiger partial charge in [-0.25, -0.2) is 4.79 Å². The molecule has 0 radical (unpaired) electrons. The Morgan fingerprint density at radius 1 is 1.09 bits per heavy atom. The average Bonchev–Trinajstić information content (AvgIpc) is 2.54. The molecular weight excluding hydrogens is 292 g/mol. The molecule has 0 spiro atoms. The molecule has 2 aromatic carbocycles. The van der Waals surface area contributed by atoms with Crippen LogP contribution in [0.1, 0.15) is 6.92 Å². The van der Waals surface area contributed by atoms with Crippen LogP contribution in [-0.4, -0.2) is 19.8 Å². The van der Waals surface area contributed by atoms with Gasteiger partial charge in [-0.2, -0.15) is 0 Å². The number of hydrogen-bond acceptors (Lipinski definition) is 4. The second kappa shape index (κ2) is 6.67. The van der Waals surface area contributed by atoms with Crippen molar-refractivity contribution in [3.8, 4) is 16.9 Å². The van der Waals surface area contributed by atoms with Crippen LogP contribution in [-0.2, 0) is 4.74 Å². The number of methoxy groups -OCH3 is 1. The van der Waals surface area contributed by atoms with Crippen LogP contribution in [0.4, 0.5) is 0 Å². The molecule has 3 rings (SSSR count). The Morgan fingerprint density at radius 3 is 2.61 bits per heavy atom. The average molecular weight is 310 g/mol. The SMILES string of the molecule is COCC(C)Oc1ccc2c(-c3ccccc3)cc(=O)oc2c1. The third-order valence-corrected chi connectivity index (χ3v) is 3.54. The summed E-state index contributed by atoms with van der Waals surface area (Å²) in [5, 5.41) is 0.877. The number of rotatable bonds is 5. The van der Waals surface area contributed by atoms with Crippen molar-refractivity contribution in [2.24, 2.45) is 0 Å². The summed E-state index contributed by atoms with van der Waals surface area (Å²) < 4.78 is 16.2. The molecule has 0 saturated heterocycles. The smallest absolute Gasteiger partial charge is 0.336 e. The van der Waals surface area contributed by atoms with Gasteiger partial charge in [0.05, 0.1) is 6.61 Å². The lowest BCUT2D eigenvalue weighted by Crippen LogP contribution is -2.17. The van der Waals surface area contributed by atoms with Crippen molar-refractivity contribution in [2.75, 3.05) is 13.7 Å². The predicted molar refractivity (Wildman–Crippen MR) is 89.9 cm³/mol. The molecule has 1 heterocycles. The van der Waals surface area contributed by atoms with Crippen molar-refractivity contribution >= 4 is 11.0 Å². The van der Waals surface area contributed by atoms with E-state index in [1.807, 2.05) is 49.4 Å². The van der Waals surface area contributed by atoms with Crippen molar-refractivity contribution in [1.82, 2.24) is 0 Å². The second-order valence-corrected chi connectivity index (χ2v) is 5.39. The van der Waals surface area contributed by atoms with E-state index in [1.54, 1.807) is 13.2 Å². The van der Waals surface area contributed by atoms with E-state index >= 15 is 0 Å². The molecule has 118 valence electrons. The van der Waals surface area contributed by atoms with Gasteiger partial charge < -0.3 is 13.9 Å². The van der Waals surface area contributed by atoms with Crippen LogP contribution >= 0.6 is 0 Å². The van der Waals surface area contributed by atoms with Gasteiger partial charge in [0.25, 0.3) is 0 Å². The minimum absolute atomic E-state index is 0.0820. The number of fused-ring (bicyclic) bond motifs is 1. The first kappa shape index (κ1) is 15.3. The minimum Gasteiger partial charge on any atom is -0.488 e. The summed E-state index contributed by atoms with van der Waals surface area (Å²) in [6, 6.07) is 16.8. The molecule has 0 fully saturated rings. The van der Waals surface area contributed by atoms with Crippen molar-refractivity contribution in [1.29, 1.82) is 0 Å². The van der Waals surface area contributed by atoms with Crippen LogP contribution in [0.5, 0.6) is 5.75 Å². The fraction of sp³-hybridized carbons (Fsp3) is 0.211. The largest absolute Gasteiger partial charge is 0.488 e. The lowest BCUT2D eigenvalue weighted by Gasteiger charge is -2.14. The van der Waals surface area contributed by atoms with E-state index in [0.29, 0.717) is 17.9 Å². The fourth-order valence-electron chi connectivity index (χ4n) is 2.57. The summed E-state index contributed by atoms with van der Waals surface area (Å²) in [5.74, 6) is 0.649. The van der Waals surface area contributed by atoms with E-state index < -0.39 is 0 Å². The summed E-state index contributed by atoms with van der Waals surface area (Å²) in [7, 11) is 1.63. The maximum Gasteiger partial charge on any atom is 0.336 e. The molecule has 0 amide bonds. The molecule has 0 N–H and O–H groups in total. The Hall–Kier alpha value is -2.59. The highest BCUT2D eigenvalue weighted by Crippen LogP contribution is 2.29. The lowest BCUT2D eigenvalue weighted by molar-refractivity contribution is 0.0921. The zero-order valence-corrected chi connectivity index (χ0v) is 13.1. The summed E-state index contributed by atoms with van der Waals surface area (Å²) in [6.07, 6.45) is -0.0820. The third kappa shape index (κ3) is 3.43. The number of hydrogen-bond donors (Lipinski definition) is 0. The highest BCUT2D eigenvalue weighted by Gasteiger charge is 2.10. The Morgan fingerprint density at radius 2 is 1.87 bits per heavy atom. The van der Waals surface area contributed by atoms with Crippen LogP contribution in [0, 0.1) is 0 Å². The first-order chi connectivity index (χ1) is 11.2. The Bertz CT molecular complexity index is 852. The predicted octanol–water partition coefficient (Wildman–Crippen LogP) is 3.87. The van der Waals surface area contributed by atoms with Gasteiger partial charge in [-0.1, -0.05) is 30.3 Å². The lowest BCUT2D eigenvalue weighted by atomic mass is 10.0. The van der Waals surface area contributed by atoms with E-state index in [2.05, 4.69) is 0 Å². The maximum atomic E-state index is 11.9. The zero-order chi connectivity index (χ0) is 16.2. The van der Waals surface area contributed by atoms with Gasteiger partial charge >= 0.3 is 5.63 Å². The van der Waals surface area contributed by atoms with Crippen LogP contribution in [0.3, 0.4) is 0 Å². The van der Waals surface area contributed by atoms with E-state index in [1.165, 1.54) is 6.07 Å². The molecule has 23 heavy (non-hydrogen) atoms. The first-order valence-corrected chi connectivity index (χ1v) is 7.46. The van der Waals surface area contributed by atoms with E-state index in [-0.39, 0.29) is 11.7 Å². The van der Waals surface area contributed by atoms with Gasteiger partial charge in [-0.05, 0) is 30.2 Å². The summed E-state index contributed by atoms with van der Waals surface area (Å²) in [5.41, 5.74) is 1.97. The van der Waals surface area contributed by atoms with Crippen molar-refractivity contribution < 1.29 is 13.9 Å². The van der Waals surface area contributed by atoms with Gasteiger partial charge in [-0.3, -0.25) is 0 Å². The van der Waals surface area contributed by atoms with E-state index in [9.17, 15) is 4.79 Å². The second-order valence-electron chi connectivity index (χ2n) is 5.39. The van der Waals surface area contributed by atoms with Crippen LogP contribution < -0.4 is 10.4 Å². The highest BCUT2D eigenvalue weighted by atomic mass is 16.5. The first-order valence-electron chi connectivity index (χ1n) is 7.46. The normalized spacial score (nSPS) is 12.3. The Kier molecular flexibility index (Phi) is 4.44. The van der Waals surface area contributed by atoms with Gasteiger partial charge in [0.1, 0.15) is 17.4 Å². The van der Waals surface area contributed by atoms with Crippen molar-refractivity contribution in [3.63, 3.8) is 0 Å². The van der Waals surface area contributed by atoms with E-state index in [4.69, 9.17) is 13.9 Å². The van der Waals surface area contributed by atoms with Crippen molar-refractivity contribution in [2.45, 2.75) is 13.0 Å². The van der Waals surface area contributed by atoms with Crippen LogP contribution in [0.25, 0.3) is 22.1 Å².